The molecule has 0 fully saturated rings. The third kappa shape index (κ3) is 6.98. The van der Waals surface area contributed by atoms with Crippen LogP contribution in [-0.4, -0.2) is 23.4 Å². The van der Waals surface area contributed by atoms with Gasteiger partial charge in [0.2, 0.25) is 11.4 Å². The predicted octanol–water partition coefficient (Wildman–Crippen LogP) is 2.82. The Morgan fingerprint density at radius 2 is 1.11 bits per heavy atom. The standard InChI is InChI=1S/C12H22N2O4/c1-7-9(15)17-11(3,4)13-14-12(5,6)18-10(16)8-2/h7-8H2,1-6H3/b14-13+. The minimum Gasteiger partial charge on any atom is -0.436 e. The number of carbonyl (C=O) groups excluding carboxylic acids is 2. The highest BCUT2D eigenvalue weighted by Crippen LogP contribution is 2.19. The van der Waals surface area contributed by atoms with E-state index in [-0.39, 0.29) is 24.8 Å². The molecule has 0 aromatic heterocycles. The third-order valence-corrected chi connectivity index (χ3v) is 1.84. The Morgan fingerprint density at radius 3 is 1.33 bits per heavy atom. The summed E-state index contributed by atoms with van der Waals surface area (Å²) in [5.74, 6) is -0.718. The second-order valence-corrected chi connectivity index (χ2v) is 4.75. The zero-order valence-corrected chi connectivity index (χ0v) is 11.9. The van der Waals surface area contributed by atoms with Gasteiger partial charge in [0.15, 0.2) is 0 Å². The molecule has 0 unspecified atom stereocenters. The molecule has 6 nitrogen and oxygen atoms in total. The second kappa shape index (κ2) is 6.47. The Bertz CT molecular complexity index is 303. The smallest absolute Gasteiger partial charge is 0.307 e. The maximum atomic E-state index is 11.2. The second-order valence-electron chi connectivity index (χ2n) is 4.75. The van der Waals surface area contributed by atoms with Crippen molar-refractivity contribution in [3.63, 3.8) is 0 Å². The van der Waals surface area contributed by atoms with Crippen molar-refractivity contribution < 1.29 is 19.1 Å². The number of esters is 2. The van der Waals surface area contributed by atoms with Crippen molar-refractivity contribution in [2.75, 3.05) is 0 Å². The van der Waals surface area contributed by atoms with Gasteiger partial charge in [-0.15, -0.1) is 10.2 Å². The molecule has 0 saturated heterocycles. The number of hydrogen-bond donors (Lipinski definition) is 0. The van der Waals surface area contributed by atoms with Crippen LogP contribution in [-0.2, 0) is 19.1 Å². The summed E-state index contributed by atoms with van der Waals surface area (Å²) in [5.41, 5.74) is -2.13. The molecule has 0 spiro atoms. The van der Waals surface area contributed by atoms with Crippen molar-refractivity contribution in [3.05, 3.63) is 0 Å². The van der Waals surface area contributed by atoms with Gasteiger partial charge >= 0.3 is 11.9 Å². The number of rotatable bonds is 6. The fourth-order valence-electron chi connectivity index (χ4n) is 0.983. The van der Waals surface area contributed by atoms with Gasteiger partial charge in [0.05, 0.1) is 0 Å². The molecule has 0 aliphatic heterocycles. The van der Waals surface area contributed by atoms with Crippen LogP contribution in [0.2, 0.25) is 0 Å². The zero-order chi connectivity index (χ0) is 14.4. The highest BCUT2D eigenvalue weighted by Gasteiger charge is 2.26. The Kier molecular flexibility index (Phi) is 5.94. The Morgan fingerprint density at radius 1 is 0.833 bits per heavy atom. The van der Waals surface area contributed by atoms with Crippen LogP contribution in [0.25, 0.3) is 0 Å². The van der Waals surface area contributed by atoms with E-state index in [1.807, 2.05) is 0 Å². The number of azo groups is 1. The lowest BCUT2D eigenvalue weighted by Crippen LogP contribution is -2.29. The lowest BCUT2D eigenvalue weighted by molar-refractivity contribution is -0.160. The molecule has 0 amide bonds. The van der Waals surface area contributed by atoms with E-state index >= 15 is 0 Å². The normalized spacial score (nSPS) is 12.6. The fraction of sp³-hybridized carbons (Fsp3) is 0.833. The lowest BCUT2D eigenvalue weighted by atomic mass is 10.3. The summed E-state index contributed by atoms with van der Waals surface area (Å²) in [6.45, 7) is 9.85. The molecule has 0 aromatic rings. The van der Waals surface area contributed by atoms with Gasteiger partial charge in [0, 0.05) is 12.8 Å². The monoisotopic (exact) mass is 258 g/mol. The third-order valence-electron chi connectivity index (χ3n) is 1.84. The molecule has 0 atom stereocenters. The highest BCUT2D eigenvalue weighted by atomic mass is 16.6. The number of nitrogens with zero attached hydrogens (tertiary/aromatic N) is 2. The van der Waals surface area contributed by atoms with Gasteiger partial charge in [-0.1, -0.05) is 13.8 Å². The summed E-state index contributed by atoms with van der Waals surface area (Å²) in [4.78, 5) is 22.3. The zero-order valence-electron chi connectivity index (χ0n) is 11.9. The van der Waals surface area contributed by atoms with Crippen molar-refractivity contribution >= 4 is 11.9 Å². The van der Waals surface area contributed by atoms with Crippen molar-refractivity contribution in [2.45, 2.75) is 65.8 Å². The van der Waals surface area contributed by atoms with Crippen LogP contribution in [0.15, 0.2) is 10.2 Å². The van der Waals surface area contributed by atoms with Crippen molar-refractivity contribution in [1.29, 1.82) is 0 Å². The van der Waals surface area contributed by atoms with Gasteiger partial charge in [-0.25, -0.2) is 0 Å². The molecule has 6 heteroatoms. The van der Waals surface area contributed by atoms with E-state index in [0.29, 0.717) is 0 Å². The molecular weight excluding hydrogens is 236 g/mol. The summed E-state index contributed by atoms with van der Waals surface area (Å²) in [7, 11) is 0. The Labute approximate surface area is 108 Å². The quantitative estimate of drug-likeness (QED) is 0.542. The molecule has 18 heavy (non-hydrogen) atoms. The summed E-state index contributed by atoms with van der Waals surface area (Å²) in [6.07, 6.45) is 0.542. The van der Waals surface area contributed by atoms with Crippen LogP contribution in [0.1, 0.15) is 54.4 Å². The molecule has 0 radical (unpaired) electrons. The average Bonchev–Trinajstić information content (AvgIpc) is 2.25. The molecular formula is C12H22N2O4. The first-order valence-corrected chi connectivity index (χ1v) is 5.99. The molecule has 0 aromatic carbocycles. The fourth-order valence-corrected chi connectivity index (χ4v) is 0.983. The molecule has 0 aliphatic rings. The van der Waals surface area contributed by atoms with Gasteiger partial charge in [-0.3, -0.25) is 9.59 Å². The van der Waals surface area contributed by atoms with Crippen molar-refractivity contribution in [3.8, 4) is 0 Å². The van der Waals surface area contributed by atoms with Gasteiger partial charge in [0.25, 0.3) is 0 Å². The van der Waals surface area contributed by atoms with E-state index in [1.165, 1.54) is 0 Å². The van der Waals surface area contributed by atoms with E-state index in [0.717, 1.165) is 0 Å². The summed E-state index contributed by atoms with van der Waals surface area (Å²) in [6, 6.07) is 0. The highest BCUT2D eigenvalue weighted by molar-refractivity contribution is 5.69. The first kappa shape index (κ1) is 16.5. The first-order valence-electron chi connectivity index (χ1n) is 5.99. The topological polar surface area (TPSA) is 77.3 Å². The maximum absolute atomic E-state index is 11.2. The molecule has 0 rings (SSSR count). The van der Waals surface area contributed by atoms with Crippen LogP contribution < -0.4 is 0 Å². The summed E-state index contributed by atoms with van der Waals surface area (Å²) < 4.78 is 10.1. The van der Waals surface area contributed by atoms with E-state index < -0.39 is 11.4 Å². The Hall–Kier alpha value is -1.46. The number of carbonyl (C=O) groups is 2. The molecule has 0 saturated carbocycles. The lowest BCUT2D eigenvalue weighted by Gasteiger charge is -2.23. The number of hydrogen-bond acceptors (Lipinski definition) is 6. The minimum absolute atomic E-state index is 0.271. The average molecular weight is 258 g/mol. The number of ether oxygens (including phenoxy) is 2. The van der Waals surface area contributed by atoms with Crippen LogP contribution in [0.3, 0.4) is 0 Å². The van der Waals surface area contributed by atoms with E-state index in [1.54, 1.807) is 41.5 Å². The SMILES string of the molecule is CCC(=O)OC(C)(C)/N=N/C(C)(C)OC(=O)CC. The Balaban J connectivity index is 4.60. The van der Waals surface area contributed by atoms with Crippen molar-refractivity contribution in [2.24, 2.45) is 10.2 Å². The molecule has 0 bridgehead atoms. The minimum atomic E-state index is -1.07. The molecule has 0 aliphatic carbocycles. The predicted molar refractivity (Wildman–Crippen MR) is 65.8 cm³/mol. The van der Waals surface area contributed by atoms with Crippen LogP contribution in [0.5, 0.6) is 0 Å². The van der Waals surface area contributed by atoms with Gasteiger partial charge in [0.1, 0.15) is 0 Å². The van der Waals surface area contributed by atoms with Gasteiger partial charge < -0.3 is 9.47 Å². The van der Waals surface area contributed by atoms with Gasteiger partial charge in [-0.2, -0.15) is 0 Å². The summed E-state index contributed by atoms with van der Waals surface area (Å²) in [5, 5.41) is 7.82. The molecule has 0 N–H and O–H groups in total. The van der Waals surface area contributed by atoms with E-state index in [9.17, 15) is 9.59 Å². The largest absolute Gasteiger partial charge is 0.436 e. The van der Waals surface area contributed by atoms with E-state index in [4.69, 9.17) is 9.47 Å². The van der Waals surface area contributed by atoms with Crippen LogP contribution in [0.4, 0.5) is 0 Å². The van der Waals surface area contributed by atoms with Crippen LogP contribution in [0, 0.1) is 0 Å². The summed E-state index contributed by atoms with van der Waals surface area (Å²) >= 11 is 0. The molecule has 104 valence electrons. The van der Waals surface area contributed by atoms with Crippen molar-refractivity contribution in [1.82, 2.24) is 0 Å². The van der Waals surface area contributed by atoms with Gasteiger partial charge in [-0.05, 0) is 27.7 Å². The first-order chi connectivity index (χ1) is 8.12. The van der Waals surface area contributed by atoms with E-state index in [2.05, 4.69) is 10.2 Å². The van der Waals surface area contributed by atoms with Crippen LogP contribution >= 0.6 is 0 Å². The maximum Gasteiger partial charge on any atom is 0.307 e. The molecule has 0 heterocycles.